The minimum Gasteiger partial charge on any atom is -0.271 e. The molecule has 1 aromatic heterocycles. The van der Waals surface area contributed by atoms with Crippen LogP contribution in [0.5, 0.6) is 0 Å². The molecule has 0 bridgehead atoms. The van der Waals surface area contributed by atoms with Gasteiger partial charge in [0.05, 0.1) is 5.52 Å². The fraction of sp³-hybridized carbons (Fsp3) is 0.100. The molecule has 0 saturated heterocycles. The second-order valence-corrected chi connectivity index (χ2v) is 2.87. The monoisotopic (exact) mass is 173 g/mol. The quantitative estimate of drug-likeness (QED) is 0.530. The van der Waals surface area contributed by atoms with E-state index in [1.54, 1.807) is 6.20 Å². The van der Waals surface area contributed by atoms with E-state index in [1.807, 2.05) is 30.3 Å². The maximum Gasteiger partial charge on any atom is 0.0747 e. The van der Waals surface area contributed by atoms with E-state index in [0.717, 1.165) is 16.5 Å². The molecule has 3 heteroatoms. The van der Waals surface area contributed by atoms with E-state index < -0.39 is 0 Å². The lowest BCUT2D eigenvalue weighted by Gasteiger charge is -2.03. The lowest BCUT2D eigenvalue weighted by molar-refractivity contribution is 0.744. The van der Waals surface area contributed by atoms with E-state index in [2.05, 4.69) is 10.4 Å². The molecule has 3 N–H and O–H groups in total. The van der Waals surface area contributed by atoms with Crippen molar-refractivity contribution in [3.05, 3.63) is 42.1 Å². The highest BCUT2D eigenvalue weighted by molar-refractivity contribution is 5.81. The smallest absolute Gasteiger partial charge is 0.0747 e. The van der Waals surface area contributed by atoms with Gasteiger partial charge in [-0.1, -0.05) is 24.3 Å². The zero-order valence-corrected chi connectivity index (χ0v) is 7.20. The first-order chi connectivity index (χ1) is 6.42. The Morgan fingerprint density at radius 3 is 2.92 bits per heavy atom. The van der Waals surface area contributed by atoms with E-state index in [9.17, 15) is 0 Å². The summed E-state index contributed by atoms with van der Waals surface area (Å²) in [5.74, 6) is 5.27. The molecular formula is C10H11N3. The molecule has 0 atom stereocenters. The summed E-state index contributed by atoms with van der Waals surface area (Å²) in [6.07, 6.45) is 1.79. The van der Waals surface area contributed by atoms with Crippen molar-refractivity contribution in [2.24, 2.45) is 5.84 Å². The molecule has 0 amide bonds. The zero-order valence-electron chi connectivity index (χ0n) is 7.20. The second kappa shape index (κ2) is 3.51. The van der Waals surface area contributed by atoms with Gasteiger partial charge >= 0.3 is 0 Å². The molecular weight excluding hydrogens is 162 g/mol. The van der Waals surface area contributed by atoms with Crippen LogP contribution in [0, 0.1) is 0 Å². The van der Waals surface area contributed by atoms with E-state index in [1.165, 1.54) is 0 Å². The number of nitrogens with zero attached hydrogens (tertiary/aromatic N) is 1. The predicted molar refractivity (Wildman–Crippen MR) is 52.8 cm³/mol. The molecule has 1 heterocycles. The molecule has 0 saturated carbocycles. The van der Waals surface area contributed by atoms with Crippen LogP contribution in [0.25, 0.3) is 10.9 Å². The van der Waals surface area contributed by atoms with Gasteiger partial charge in [0, 0.05) is 18.1 Å². The number of nitrogens with two attached hydrogens (primary N) is 1. The largest absolute Gasteiger partial charge is 0.271 e. The van der Waals surface area contributed by atoms with Gasteiger partial charge in [-0.15, -0.1) is 0 Å². The molecule has 0 aliphatic carbocycles. The van der Waals surface area contributed by atoms with Crippen LogP contribution in [0.4, 0.5) is 0 Å². The van der Waals surface area contributed by atoms with Crippen LogP contribution >= 0.6 is 0 Å². The molecule has 0 radical (unpaired) electrons. The number of benzene rings is 1. The summed E-state index contributed by atoms with van der Waals surface area (Å²) in [4.78, 5) is 4.30. The number of hydrogen-bond donors (Lipinski definition) is 2. The summed E-state index contributed by atoms with van der Waals surface area (Å²) in [5.41, 5.74) is 4.78. The highest BCUT2D eigenvalue weighted by Gasteiger charge is 1.98. The molecule has 13 heavy (non-hydrogen) atoms. The third-order valence-electron chi connectivity index (χ3n) is 2.01. The number of hydrazine groups is 1. The third-order valence-corrected chi connectivity index (χ3v) is 2.01. The Labute approximate surface area is 76.6 Å². The summed E-state index contributed by atoms with van der Waals surface area (Å²) in [5, 5.41) is 1.15. The molecule has 3 nitrogen and oxygen atoms in total. The molecule has 2 aromatic rings. The molecule has 0 spiro atoms. The first-order valence-corrected chi connectivity index (χ1v) is 4.18. The van der Waals surface area contributed by atoms with Gasteiger partial charge in [-0.3, -0.25) is 16.3 Å². The number of para-hydroxylation sites is 1. The van der Waals surface area contributed by atoms with Gasteiger partial charge in [-0.2, -0.15) is 0 Å². The van der Waals surface area contributed by atoms with Crippen LogP contribution in [0.1, 0.15) is 5.56 Å². The fourth-order valence-corrected chi connectivity index (χ4v) is 1.42. The van der Waals surface area contributed by atoms with Crippen LogP contribution in [0.15, 0.2) is 36.5 Å². The van der Waals surface area contributed by atoms with Crippen LogP contribution in [0.3, 0.4) is 0 Å². The van der Waals surface area contributed by atoms with Crippen molar-refractivity contribution in [2.45, 2.75) is 6.54 Å². The highest BCUT2D eigenvalue weighted by atomic mass is 15.2. The Morgan fingerprint density at radius 2 is 2.08 bits per heavy atom. The first kappa shape index (κ1) is 8.16. The van der Waals surface area contributed by atoms with E-state index >= 15 is 0 Å². The molecule has 0 aliphatic heterocycles. The zero-order chi connectivity index (χ0) is 9.10. The normalized spacial score (nSPS) is 10.5. The van der Waals surface area contributed by atoms with Crippen molar-refractivity contribution < 1.29 is 0 Å². The molecule has 0 aliphatic rings. The van der Waals surface area contributed by atoms with Gasteiger partial charge in [0.15, 0.2) is 0 Å². The van der Waals surface area contributed by atoms with Crippen LogP contribution in [0.2, 0.25) is 0 Å². The maximum atomic E-state index is 5.27. The summed E-state index contributed by atoms with van der Waals surface area (Å²) >= 11 is 0. The minimum atomic E-state index is 0.647. The molecule has 66 valence electrons. The van der Waals surface area contributed by atoms with Crippen molar-refractivity contribution in [1.29, 1.82) is 0 Å². The fourth-order valence-electron chi connectivity index (χ4n) is 1.42. The summed E-state index contributed by atoms with van der Waals surface area (Å²) in [7, 11) is 0. The average molecular weight is 173 g/mol. The SMILES string of the molecule is NNCc1cccc2cccnc12. The topological polar surface area (TPSA) is 50.9 Å². The van der Waals surface area contributed by atoms with Crippen molar-refractivity contribution in [2.75, 3.05) is 0 Å². The summed E-state index contributed by atoms with van der Waals surface area (Å²) in [6.45, 7) is 0.647. The standard InChI is InChI=1S/C10H11N3/c11-13-7-9-4-1-3-8-5-2-6-12-10(8)9/h1-6,13H,7,11H2. The maximum absolute atomic E-state index is 5.27. The van der Waals surface area contributed by atoms with Crippen LogP contribution in [-0.4, -0.2) is 4.98 Å². The average Bonchev–Trinajstić information content (AvgIpc) is 2.19. The van der Waals surface area contributed by atoms with E-state index in [-0.39, 0.29) is 0 Å². The van der Waals surface area contributed by atoms with E-state index in [4.69, 9.17) is 5.84 Å². The Morgan fingerprint density at radius 1 is 1.23 bits per heavy atom. The Kier molecular flexibility index (Phi) is 2.21. The third kappa shape index (κ3) is 1.52. The first-order valence-electron chi connectivity index (χ1n) is 4.18. The molecule has 0 fully saturated rings. The van der Waals surface area contributed by atoms with Crippen molar-refractivity contribution in [1.82, 2.24) is 10.4 Å². The molecule has 2 rings (SSSR count). The van der Waals surface area contributed by atoms with Crippen molar-refractivity contribution >= 4 is 10.9 Å². The number of rotatable bonds is 2. The van der Waals surface area contributed by atoms with E-state index in [0.29, 0.717) is 6.54 Å². The van der Waals surface area contributed by atoms with Gasteiger partial charge < -0.3 is 0 Å². The van der Waals surface area contributed by atoms with Crippen molar-refractivity contribution in [3.8, 4) is 0 Å². The number of fused-ring (bicyclic) bond motifs is 1. The number of nitrogens with one attached hydrogen (secondary N) is 1. The van der Waals surface area contributed by atoms with Crippen LogP contribution in [-0.2, 0) is 6.54 Å². The van der Waals surface area contributed by atoms with Gasteiger partial charge in [-0.05, 0) is 11.6 Å². The lowest BCUT2D eigenvalue weighted by atomic mass is 10.1. The van der Waals surface area contributed by atoms with Gasteiger partial charge in [0.25, 0.3) is 0 Å². The summed E-state index contributed by atoms with van der Waals surface area (Å²) < 4.78 is 0. The van der Waals surface area contributed by atoms with Crippen LogP contribution < -0.4 is 11.3 Å². The Balaban J connectivity index is 2.61. The summed E-state index contributed by atoms with van der Waals surface area (Å²) in [6, 6.07) is 10.1. The van der Waals surface area contributed by atoms with Gasteiger partial charge in [-0.25, -0.2) is 0 Å². The Bertz CT molecular complexity index is 406. The highest BCUT2D eigenvalue weighted by Crippen LogP contribution is 2.14. The predicted octanol–water partition coefficient (Wildman–Crippen LogP) is 1.20. The molecule has 0 unspecified atom stereocenters. The number of hydrogen-bond acceptors (Lipinski definition) is 3. The lowest BCUT2D eigenvalue weighted by Crippen LogP contribution is -2.21. The van der Waals surface area contributed by atoms with Gasteiger partial charge in [0.1, 0.15) is 0 Å². The minimum absolute atomic E-state index is 0.647. The van der Waals surface area contributed by atoms with Crippen molar-refractivity contribution in [3.63, 3.8) is 0 Å². The molecule has 1 aromatic carbocycles. The Hall–Kier alpha value is -1.45. The van der Waals surface area contributed by atoms with Gasteiger partial charge in [0.2, 0.25) is 0 Å². The second-order valence-electron chi connectivity index (χ2n) is 2.87. The number of pyridine rings is 1. The number of aromatic nitrogens is 1.